The lowest BCUT2D eigenvalue weighted by Crippen LogP contribution is -2.29. The van der Waals surface area contributed by atoms with Crippen molar-refractivity contribution in [2.24, 2.45) is 0 Å². The normalized spacial score (nSPS) is 12.2. The Morgan fingerprint density at radius 3 is 2.94 bits per heavy atom. The number of carbonyl (C=O) groups is 1. The van der Waals surface area contributed by atoms with E-state index in [1.54, 1.807) is 14.0 Å². The molecule has 1 amide bonds. The van der Waals surface area contributed by atoms with Crippen LogP contribution in [0.2, 0.25) is 0 Å². The van der Waals surface area contributed by atoms with Gasteiger partial charge in [0.15, 0.2) is 0 Å². The first-order valence-corrected chi connectivity index (χ1v) is 5.06. The molecule has 16 heavy (non-hydrogen) atoms. The largest absolute Gasteiger partial charge is 0.393 e. The van der Waals surface area contributed by atoms with Gasteiger partial charge in [0.2, 0.25) is 5.95 Å². The second-order valence-electron chi connectivity index (χ2n) is 3.73. The van der Waals surface area contributed by atoms with Crippen LogP contribution in [-0.2, 0) is 0 Å². The van der Waals surface area contributed by atoms with Gasteiger partial charge < -0.3 is 10.0 Å². The van der Waals surface area contributed by atoms with Crippen molar-refractivity contribution in [2.75, 3.05) is 13.6 Å². The minimum atomic E-state index is -0.672. The van der Waals surface area contributed by atoms with E-state index in [0.717, 1.165) is 6.07 Å². The third kappa shape index (κ3) is 3.58. The summed E-state index contributed by atoms with van der Waals surface area (Å²) in [5.41, 5.74) is 0.264. The van der Waals surface area contributed by atoms with Gasteiger partial charge in [-0.1, -0.05) is 0 Å². The zero-order chi connectivity index (χ0) is 12.1. The van der Waals surface area contributed by atoms with E-state index < -0.39 is 12.1 Å². The maximum atomic E-state index is 12.8. The fraction of sp³-hybridized carbons (Fsp3) is 0.455. The van der Waals surface area contributed by atoms with E-state index in [2.05, 4.69) is 4.98 Å². The molecule has 0 aromatic carbocycles. The zero-order valence-corrected chi connectivity index (χ0v) is 9.35. The molecule has 88 valence electrons. The molecule has 0 spiro atoms. The first kappa shape index (κ1) is 12.6. The Balaban J connectivity index is 2.63. The van der Waals surface area contributed by atoms with E-state index in [1.807, 2.05) is 0 Å². The number of hydrogen-bond acceptors (Lipinski definition) is 3. The molecule has 0 aliphatic carbocycles. The number of aliphatic hydroxyl groups is 1. The number of amides is 1. The van der Waals surface area contributed by atoms with E-state index in [4.69, 9.17) is 5.11 Å². The predicted molar refractivity (Wildman–Crippen MR) is 57.5 cm³/mol. The Hall–Kier alpha value is -1.49. The Morgan fingerprint density at radius 2 is 2.38 bits per heavy atom. The van der Waals surface area contributed by atoms with Crippen LogP contribution in [0.15, 0.2) is 18.3 Å². The number of hydrogen-bond donors (Lipinski definition) is 1. The molecule has 0 aliphatic heterocycles. The standard InChI is InChI=1S/C11H15FN2O2/c1-8(15)4-6-14(2)11(16)9-3-5-13-10(12)7-9/h3,5,7-8,15H,4,6H2,1-2H3. The lowest BCUT2D eigenvalue weighted by atomic mass is 10.2. The Bertz CT molecular complexity index is 369. The van der Waals surface area contributed by atoms with Crippen molar-refractivity contribution in [3.8, 4) is 0 Å². The van der Waals surface area contributed by atoms with Gasteiger partial charge >= 0.3 is 0 Å². The second kappa shape index (κ2) is 5.55. The molecule has 1 heterocycles. The van der Waals surface area contributed by atoms with Crippen LogP contribution in [0.3, 0.4) is 0 Å². The fourth-order valence-electron chi connectivity index (χ4n) is 1.24. The number of carbonyl (C=O) groups excluding carboxylic acids is 1. The van der Waals surface area contributed by atoms with Crippen LogP contribution >= 0.6 is 0 Å². The molecule has 0 aliphatic rings. The summed E-state index contributed by atoms with van der Waals surface area (Å²) in [6.45, 7) is 2.09. The molecule has 4 nitrogen and oxygen atoms in total. The highest BCUT2D eigenvalue weighted by Crippen LogP contribution is 2.05. The number of pyridine rings is 1. The highest BCUT2D eigenvalue weighted by atomic mass is 19.1. The molecule has 0 fully saturated rings. The van der Waals surface area contributed by atoms with Gasteiger partial charge in [-0.05, 0) is 19.4 Å². The van der Waals surface area contributed by atoms with Gasteiger partial charge in [-0.3, -0.25) is 4.79 Å². The van der Waals surface area contributed by atoms with E-state index in [9.17, 15) is 9.18 Å². The molecule has 5 heteroatoms. The van der Waals surface area contributed by atoms with Crippen LogP contribution in [0.25, 0.3) is 0 Å². The van der Waals surface area contributed by atoms with Crippen molar-refractivity contribution in [2.45, 2.75) is 19.4 Å². The summed E-state index contributed by atoms with van der Waals surface area (Å²) >= 11 is 0. The minimum absolute atomic E-state index is 0.264. The van der Waals surface area contributed by atoms with Crippen LogP contribution in [0.5, 0.6) is 0 Å². The summed E-state index contributed by atoms with van der Waals surface area (Å²) in [5.74, 6) is -0.947. The number of halogens is 1. The van der Waals surface area contributed by atoms with Crippen LogP contribution in [-0.4, -0.2) is 40.6 Å². The first-order chi connectivity index (χ1) is 7.50. The van der Waals surface area contributed by atoms with Crippen LogP contribution in [0, 0.1) is 5.95 Å². The topological polar surface area (TPSA) is 53.4 Å². The van der Waals surface area contributed by atoms with E-state index in [0.29, 0.717) is 13.0 Å². The average molecular weight is 226 g/mol. The Labute approximate surface area is 93.7 Å². The number of nitrogens with zero attached hydrogens (tertiary/aromatic N) is 2. The third-order valence-electron chi connectivity index (χ3n) is 2.20. The molecule has 1 unspecified atom stereocenters. The molecule has 0 radical (unpaired) electrons. The summed E-state index contributed by atoms with van der Waals surface area (Å²) in [7, 11) is 1.61. The van der Waals surface area contributed by atoms with Gasteiger partial charge in [-0.2, -0.15) is 4.39 Å². The summed E-state index contributed by atoms with van der Waals surface area (Å²) in [6.07, 6.45) is 1.30. The van der Waals surface area contributed by atoms with Crippen molar-refractivity contribution in [3.05, 3.63) is 29.8 Å². The molecular weight excluding hydrogens is 211 g/mol. The predicted octanol–water partition coefficient (Wildman–Crippen LogP) is 1.06. The highest BCUT2D eigenvalue weighted by molar-refractivity contribution is 5.93. The molecule has 0 saturated carbocycles. The third-order valence-corrected chi connectivity index (χ3v) is 2.20. The van der Waals surface area contributed by atoms with E-state index >= 15 is 0 Å². The SMILES string of the molecule is CC(O)CCN(C)C(=O)c1ccnc(F)c1. The van der Waals surface area contributed by atoms with Crippen LogP contribution in [0.4, 0.5) is 4.39 Å². The highest BCUT2D eigenvalue weighted by Gasteiger charge is 2.12. The molecule has 1 aromatic rings. The Kier molecular flexibility index (Phi) is 4.37. The maximum absolute atomic E-state index is 12.8. The number of aromatic nitrogens is 1. The molecule has 0 bridgehead atoms. The molecule has 1 aromatic heterocycles. The number of rotatable bonds is 4. The summed E-state index contributed by atoms with van der Waals surface area (Å²) in [5, 5.41) is 9.09. The minimum Gasteiger partial charge on any atom is -0.393 e. The van der Waals surface area contributed by atoms with Crippen LogP contribution in [0.1, 0.15) is 23.7 Å². The monoisotopic (exact) mass is 226 g/mol. The van der Waals surface area contributed by atoms with Gasteiger partial charge in [0.1, 0.15) is 0 Å². The van der Waals surface area contributed by atoms with Crippen molar-refractivity contribution in [3.63, 3.8) is 0 Å². The summed E-state index contributed by atoms with van der Waals surface area (Å²) in [6, 6.07) is 2.56. The smallest absolute Gasteiger partial charge is 0.253 e. The van der Waals surface area contributed by atoms with Crippen molar-refractivity contribution in [1.82, 2.24) is 9.88 Å². The quantitative estimate of drug-likeness (QED) is 0.781. The lowest BCUT2D eigenvalue weighted by molar-refractivity contribution is 0.0768. The molecule has 1 N–H and O–H groups in total. The molecule has 0 saturated heterocycles. The zero-order valence-electron chi connectivity index (χ0n) is 9.35. The van der Waals surface area contributed by atoms with Crippen molar-refractivity contribution < 1.29 is 14.3 Å². The van der Waals surface area contributed by atoms with Gasteiger partial charge in [0, 0.05) is 31.4 Å². The maximum Gasteiger partial charge on any atom is 0.253 e. The van der Waals surface area contributed by atoms with Gasteiger partial charge in [0.05, 0.1) is 6.10 Å². The van der Waals surface area contributed by atoms with Crippen molar-refractivity contribution in [1.29, 1.82) is 0 Å². The fourth-order valence-corrected chi connectivity index (χ4v) is 1.24. The van der Waals surface area contributed by atoms with Crippen molar-refractivity contribution >= 4 is 5.91 Å². The summed E-state index contributed by atoms with van der Waals surface area (Å²) in [4.78, 5) is 16.6. The molecule has 1 atom stereocenters. The van der Waals surface area contributed by atoms with Gasteiger partial charge in [-0.25, -0.2) is 4.98 Å². The number of aliphatic hydroxyl groups excluding tert-OH is 1. The first-order valence-electron chi connectivity index (χ1n) is 5.06. The van der Waals surface area contributed by atoms with Gasteiger partial charge in [0.25, 0.3) is 5.91 Å². The summed E-state index contributed by atoms with van der Waals surface area (Å²) < 4.78 is 12.8. The van der Waals surface area contributed by atoms with E-state index in [-0.39, 0.29) is 11.5 Å². The van der Waals surface area contributed by atoms with E-state index in [1.165, 1.54) is 17.2 Å². The lowest BCUT2D eigenvalue weighted by Gasteiger charge is -2.17. The second-order valence-corrected chi connectivity index (χ2v) is 3.73. The average Bonchev–Trinajstić information content (AvgIpc) is 2.24. The molecule has 1 rings (SSSR count). The van der Waals surface area contributed by atoms with Gasteiger partial charge in [-0.15, -0.1) is 0 Å². The van der Waals surface area contributed by atoms with Crippen LogP contribution < -0.4 is 0 Å². The Morgan fingerprint density at radius 1 is 1.69 bits per heavy atom. The molecular formula is C11H15FN2O2.